The molecule has 0 spiro atoms. The van der Waals surface area contributed by atoms with Crippen molar-refractivity contribution in [2.24, 2.45) is 0 Å². The van der Waals surface area contributed by atoms with Crippen LogP contribution in [0.3, 0.4) is 0 Å². The molecule has 102 valence electrons. The van der Waals surface area contributed by atoms with E-state index < -0.39 is 6.10 Å². The Morgan fingerprint density at radius 3 is 1.40 bits per heavy atom. The fourth-order valence-electron chi connectivity index (χ4n) is 1.75. The zero-order valence-corrected chi connectivity index (χ0v) is 10.8. The van der Waals surface area contributed by atoms with E-state index in [9.17, 15) is 15.3 Å². The van der Waals surface area contributed by atoms with E-state index in [0.29, 0.717) is 0 Å². The van der Waals surface area contributed by atoms with Crippen LogP contribution in [0.25, 0.3) is 12.2 Å². The molecular weight excluding hydrogens is 252 g/mol. The van der Waals surface area contributed by atoms with Crippen molar-refractivity contribution in [3.63, 3.8) is 0 Å². The number of hydrogen-bond acceptors (Lipinski definition) is 3. The maximum Gasteiger partial charge on any atom is 0.167 e. The number of rotatable bonds is 4. The van der Waals surface area contributed by atoms with Crippen molar-refractivity contribution in [1.29, 1.82) is 0 Å². The molecule has 0 aliphatic rings. The predicted octanol–water partition coefficient (Wildman–Crippen LogP) is 3.55. The molecule has 3 heteroatoms. The summed E-state index contributed by atoms with van der Waals surface area (Å²) in [6.07, 6.45) is 1.40. The first-order chi connectivity index (χ1) is 9.66. The number of hydrogen-bond donors (Lipinski definition) is 3. The molecule has 0 aliphatic carbocycles. The molecule has 3 N–H and O–H groups in total. The summed E-state index contributed by atoms with van der Waals surface area (Å²) in [5, 5.41) is 29.5. The van der Waals surface area contributed by atoms with Gasteiger partial charge in [-0.3, -0.25) is 0 Å². The summed E-state index contributed by atoms with van der Waals surface area (Å²) in [6.45, 7) is 0. The van der Waals surface area contributed by atoms with Gasteiger partial charge in [0.05, 0.1) is 0 Å². The summed E-state index contributed by atoms with van der Waals surface area (Å²) < 4.78 is 0. The van der Waals surface area contributed by atoms with Crippen molar-refractivity contribution in [3.05, 3.63) is 83.3 Å². The molecule has 0 unspecified atom stereocenters. The molecule has 0 aliphatic heterocycles. The second-order valence-corrected chi connectivity index (χ2v) is 4.36. The Morgan fingerprint density at radius 1 is 0.700 bits per heavy atom. The lowest BCUT2D eigenvalue weighted by atomic mass is 10.1. The van der Waals surface area contributed by atoms with Gasteiger partial charge in [0.1, 0.15) is 11.5 Å². The lowest BCUT2D eigenvalue weighted by Gasteiger charge is -2.09. The molecule has 0 bridgehead atoms. The molecule has 3 nitrogen and oxygen atoms in total. The van der Waals surface area contributed by atoms with Gasteiger partial charge in [0.25, 0.3) is 0 Å². The van der Waals surface area contributed by atoms with E-state index in [4.69, 9.17) is 0 Å². The van der Waals surface area contributed by atoms with Crippen LogP contribution in [-0.2, 0) is 0 Å². The Kier molecular flexibility index (Phi) is 4.58. The normalized spacial score (nSPS) is 14.1. The van der Waals surface area contributed by atoms with E-state index in [1.807, 2.05) is 36.4 Å². The maximum atomic E-state index is 9.87. The number of aliphatic hydroxyl groups excluding tert-OH is 3. The van der Waals surface area contributed by atoms with Crippen LogP contribution >= 0.6 is 0 Å². The standard InChI is InChI=1S/C17H16O3/c18-15(11-13-7-3-1-4-8-13)17(20)16(19)12-14-9-5-2-6-10-14/h1-12,17-20H. The Labute approximate surface area is 117 Å². The van der Waals surface area contributed by atoms with Gasteiger partial charge in [-0.15, -0.1) is 0 Å². The average Bonchev–Trinajstić information content (AvgIpc) is 2.48. The minimum absolute atomic E-state index is 0.305. The fourth-order valence-corrected chi connectivity index (χ4v) is 1.75. The highest BCUT2D eigenvalue weighted by atomic mass is 16.4. The first-order valence-corrected chi connectivity index (χ1v) is 6.26. The Balaban J connectivity index is 2.16. The van der Waals surface area contributed by atoms with Crippen LogP contribution in [0.15, 0.2) is 72.2 Å². The van der Waals surface area contributed by atoms with Gasteiger partial charge in [0.2, 0.25) is 0 Å². The first-order valence-electron chi connectivity index (χ1n) is 6.26. The van der Waals surface area contributed by atoms with Crippen molar-refractivity contribution in [2.45, 2.75) is 6.10 Å². The van der Waals surface area contributed by atoms with Crippen LogP contribution in [0.1, 0.15) is 11.1 Å². The van der Waals surface area contributed by atoms with Gasteiger partial charge < -0.3 is 15.3 Å². The van der Waals surface area contributed by atoms with Crippen molar-refractivity contribution < 1.29 is 15.3 Å². The highest BCUT2D eigenvalue weighted by Gasteiger charge is 2.14. The average molecular weight is 268 g/mol. The molecule has 0 amide bonds. The molecule has 0 saturated carbocycles. The smallest absolute Gasteiger partial charge is 0.167 e. The van der Waals surface area contributed by atoms with E-state index >= 15 is 0 Å². The molecule has 2 rings (SSSR count). The molecule has 0 aromatic heterocycles. The van der Waals surface area contributed by atoms with Gasteiger partial charge in [-0.1, -0.05) is 60.7 Å². The van der Waals surface area contributed by atoms with E-state index in [0.717, 1.165) is 11.1 Å². The van der Waals surface area contributed by atoms with Crippen LogP contribution in [0.2, 0.25) is 0 Å². The minimum atomic E-state index is -1.43. The molecule has 2 aromatic rings. The van der Waals surface area contributed by atoms with Crippen molar-refractivity contribution in [3.8, 4) is 0 Å². The quantitative estimate of drug-likeness (QED) is 0.743. The summed E-state index contributed by atoms with van der Waals surface area (Å²) in [6, 6.07) is 18.2. The summed E-state index contributed by atoms with van der Waals surface area (Å²) in [7, 11) is 0. The summed E-state index contributed by atoms with van der Waals surface area (Å²) in [5.74, 6) is -0.609. The second kappa shape index (κ2) is 6.59. The first kappa shape index (κ1) is 13.9. The third-order valence-corrected chi connectivity index (χ3v) is 2.79. The van der Waals surface area contributed by atoms with Gasteiger partial charge in [-0.05, 0) is 23.3 Å². The predicted molar refractivity (Wildman–Crippen MR) is 80.1 cm³/mol. The Bertz CT molecular complexity index is 545. The summed E-state index contributed by atoms with van der Waals surface area (Å²) in [5.41, 5.74) is 1.49. The molecule has 20 heavy (non-hydrogen) atoms. The number of benzene rings is 2. The van der Waals surface area contributed by atoms with Crippen molar-refractivity contribution in [1.82, 2.24) is 0 Å². The Hall–Kier alpha value is -2.52. The molecule has 0 saturated heterocycles. The van der Waals surface area contributed by atoms with Crippen molar-refractivity contribution in [2.75, 3.05) is 0 Å². The molecule has 2 aromatic carbocycles. The molecule has 0 heterocycles. The minimum Gasteiger partial charge on any atom is -0.509 e. The molecular formula is C17H16O3. The topological polar surface area (TPSA) is 60.7 Å². The SMILES string of the molecule is OC(=Cc1ccccc1)C(O)C(O)=Cc1ccccc1. The maximum absolute atomic E-state index is 9.87. The summed E-state index contributed by atoms with van der Waals surface area (Å²) in [4.78, 5) is 0. The van der Waals surface area contributed by atoms with E-state index in [1.165, 1.54) is 12.2 Å². The van der Waals surface area contributed by atoms with Crippen LogP contribution in [0.4, 0.5) is 0 Å². The third kappa shape index (κ3) is 3.73. The lowest BCUT2D eigenvalue weighted by Crippen LogP contribution is -2.13. The second-order valence-electron chi connectivity index (χ2n) is 4.36. The third-order valence-electron chi connectivity index (χ3n) is 2.79. The van der Waals surface area contributed by atoms with Gasteiger partial charge >= 0.3 is 0 Å². The molecule has 0 radical (unpaired) electrons. The molecule has 0 atom stereocenters. The van der Waals surface area contributed by atoms with Gasteiger partial charge in [0.15, 0.2) is 6.10 Å². The van der Waals surface area contributed by atoms with Gasteiger partial charge in [0, 0.05) is 0 Å². The van der Waals surface area contributed by atoms with Gasteiger partial charge in [-0.25, -0.2) is 0 Å². The Morgan fingerprint density at radius 2 is 1.05 bits per heavy atom. The zero-order chi connectivity index (χ0) is 14.4. The summed E-state index contributed by atoms with van der Waals surface area (Å²) >= 11 is 0. The highest BCUT2D eigenvalue weighted by molar-refractivity contribution is 5.56. The van der Waals surface area contributed by atoms with E-state index in [2.05, 4.69) is 0 Å². The highest BCUT2D eigenvalue weighted by Crippen LogP contribution is 2.15. The largest absolute Gasteiger partial charge is 0.509 e. The van der Waals surface area contributed by atoms with E-state index in [-0.39, 0.29) is 11.5 Å². The zero-order valence-electron chi connectivity index (χ0n) is 10.8. The lowest BCUT2D eigenvalue weighted by molar-refractivity contribution is 0.141. The van der Waals surface area contributed by atoms with Crippen LogP contribution < -0.4 is 0 Å². The van der Waals surface area contributed by atoms with Crippen LogP contribution in [0.5, 0.6) is 0 Å². The van der Waals surface area contributed by atoms with Gasteiger partial charge in [-0.2, -0.15) is 0 Å². The van der Waals surface area contributed by atoms with Crippen molar-refractivity contribution >= 4 is 12.2 Å². The monoisotopic (exact) mass is 268 g/mol. The van der Waals surface area contributed by atoms with Crippen LogP contribution in [0, 0.1) is 0 Å². The van der Waals surface area contributed by atoms with E-state index in [1.54, 1.807) is 24.3 Å². The van der Waals surface area contributed by atoms with Crippen LogP contribution in [-0.4, -0.2) is 21.4 Å². The molecule has 0 fully saturated rings. The number of aliphatic hydroxyl groups is 3. The fraction of sp³-hybridized carbons (Fsp3) is 0.0588.